The van der Waals surface area contributed by atoms with Crippen molar-refractivity contribution >= 4 is 47.2 Å². The topological polar surface area (TPSA) is 79.4 Å². The second-order valence-corrected chi connectivity index (χ2v) is 12.2. The summed E-state index contributed by atoms with van der Waals surface area (Å²) in [6.45, 7) is 5.60. The van der Waals surface area contributed by atoms with Crippen molar-refractivity contribution in [2.75, 3.05) is 44.1 Å². The molecule has 0 atom stereocenters. The Morgan fingerprint density at radius 3 is 2.45 bits per heavy atom. The lowest BCUT2D eigenvalue weighted by Gasteiger charge is -2.29. The van der Waals surface area contributed by atoms with Crippen LogP contribution in [0.1, 0.15) is 12.8 Å². The smallest absolute Gasteiger partial charge is 0.229 e. The molecular weight excluding hydrogens is 457 g/mol. The Hall–Kier alpha value is -2.60. The zero-order chi connectivity index (χ0) is 23.4. The first-order valence-electron chi connectivity index (χ1n) is 10.9. The van der Waals surface area contributed by atoms with Crippen molar-refractivity contribution in [1.29, 1.82) is 0 Å². The second kappa shape index (κ2) is 10.1. The third kappa shape index (κ3) is 6.26. The van der Waals surface area contributed by atoms with Gasteiger partial charge in [0.05, 0.1) is 11.9 Å². The quantitative estimate of drug-likeness (QED) is 0.437. The molecular formula is C24H29ClN5O2P. The monoisotopic (exact) mass is 485 g/mol. The maximum absolute atomic E-state index is 12.7. The van der Waals surface area contributed by atoms with Gasteiger partial charge in [-0.2, -0.15) is 4.98 Å². The fraction of sp³-hybridized carbons (Fsp3) is 0.333. The molecule has 1 saturated heterocycles. The Balaban J connectivity index is 1.45. The van der Waals surface area contributed by atoms with E-state index in [4.69, 9.17) is 16.3 Å². The largest absolute Gasteiger partial charge is 0.490 e. The number of aromatic nitrogens is 2. The van der Waals surface area contributed by atoms with Crippen LogP contribution in [0.5, 0.6) is 5.75 Å². The van der Waals surface area contributed by atoms with E-state index in [0.29, 0.717) is 22.5 Å². The Morgan fingerprint density at radius 1 is 1.06 bits per heavy atom. The van der Waals surface area contributed by atoms with E-state index in [0.717, 1.165) is 42.7 Å². The SMILES string of the molecule is CN1CCC(Oc2ccc(Nc3ncc(Cl)c(Nc4ccccc4P(C)(C)=O)n3)cc2)CC1. The number of rotatable bonds is 7. The van der Waals surface area contributed by atoms with Crippen molar-refractivity contribution < 1.29 is 9.30 Å². The van der Waals surface area contributed by atoms with Crippen LogP contribution < -0.4 is 20.7 Å². The van der Waals surface area contributed by atoms with E-state index in [1.165, 1.54) is 6.20 Å². The lowest BCUT2D eigenvalue weighted by molar-refractivity contribution is 0.114. The van der Waals surface area contributed by atoms with Crippen LogP contribution in [0, 0.1) is 0 Å². The van der Waals surface area contributed by atoms with Crippen LogP contribution in [0.4, 0.5) is 23.1 Å². The first-order valence-corrected chi connectivity index (χ1v) is 13.9. The predicted octanol–water partition coefficient (Wildman–Crippen LogP) is 5.34. The van der Waals surface area contributed by atoms with E-state index in [2.05, 4.69) is 32.5 Å². The Labute approximate surface area is 199 Å². The highest BCUT2D eigenvalue weighted by Gasteiger charge is 2.18. The number of likely N-dealkylation sites (tertiary alicyclic amines) is 1. The molecule has 9 heteroatoms. The van der Waals surface area contributed by atoms with E-state index in [-0.39, 0.29) is 6.10 Å². The van der Waals surface area contributed by atoms with Crippen molar-refractivity contribution in [3.05, 3.63) is 59.8 Å². The normalized spacial score (nSPS) is 15.3. The summed E-state index contributed by atoms with van der Waals surface area (Å²) in [5.74, 6) is 1.70. The average Bonchev–Trinajstić information content (AvgIpc) is 2.79. The van der Waals surface area contributed by atoms with Crippen molar-refractivity contribution in [2.45, 2.75) is 18.9 Å². The van der Waals surface area contributed by atoms with Crippen LogP contribution in [0.25, 0.3) is 0 Å². The highest BCUT2D eigenvalue weighted by atomic mass is 35.5. The molecule has 7 nitrogen and oxygen atoms in total. The molecule has 0 amide bonds. The fourth-order valence-electron chi connectivity index (χ4n) is 3.73. The number of hydrogen-bond acceptors (Lipinski definition) is 7. The highest BCUT2D eigenvalue weighted by molar-refractivity contribution is 7.70. The third-order valence-electron chi connectivity index (χ3n) is 5.56. The van der Waals surface area contributed by atoms with Gasteiger partial charge < -0.3 is 24.8 Å². The van der Waals surface area contributed by atoms with Crippen LogP contribution in [-0.2, 0) is 4.57 Å². The van der Waals surface area contributed by atoms with Crippen LogP contribution in [-0.4, -0.2) is 54.4 Å². The summed E-state index contributed by atoms with van der Waals surface area (Å²) in [6, 6.07) is 15.2. The maximum atomic E-state index is 12.7. The molecule has 1 aliphatic rings. The minimum absolute atomic E-state index is 0.262. The van der Waals surface area contributed by atoms with E-state index in [1.54, 1.807) is 13.3 Å². The van der Waals surface area contributed by atoms with Gasteiger partial charge in [0.25, 0.3) is 0 Å². The van der Waals surface area contributed by atoms with Gasteiger partial charge >= 0.3 is 0 Å². The van der Waals surface area contributed by atoms with E-state index in [9.17, 15) is 4.57 Å². The summed E-state index contributed by atoms with van der Waals surface area (Å²) in [6.07, 6.45) is 3.88. The minimum Gasteiger partial charge on any atom is -0.490 e. The zero-order valence-electron chi connectivity index (χ0n) is 19.1. The third-order valence-corrected chi connectivity index (χ3v) is 7.39. The van der Waals surface area contributed by atoms with Crippen LogP contribution in [0.2, 0.25) is 5.02 Å². The summed E-state index contributed by atoms with van der Waals surface area (Å²) in [5.41, 5.74) is 1.55. The molecule has 1 aromatic heterocycles. The summed E-state index contributed by atoms with van der Waals surface area (Å²) in [5, 5.41) is 7.53. The molecule has 0 spiro atoms. The minimum atomic E-state index is -2.47. The van der Waals surface area contributed by atoms with Gasteiger partial charge in [0.15, 0.2) is 5.82 Å². The molecule has 0 aliphatic carbocycles. The number of piperidine rings is 1. The van der Waals surface area contributed by atoms with Crippen molar-refractivity contribution in [3.63, 3.8) is 0 Å². The number of ether oxygens (including phenoxy) is 1. The molecule has 1 fully saturated rings. The Bertz CT molecular complexity index is 1140. The van der Waals surface area contributed by atoms with E-state index in [1.807, 2.05) is 48.5 Å². The molecule has 33 heavy (non-hydrogen) atoms. The first kappa shape index (κ1) is 23.6. The van der Waals surface area contributed by atoms with E-state index >= 15 is 0 Å². The molecule has 0 saturated carbocycles. The van der Waals surface area contributed by atoms with Crippen LogP contribution >= 0.6 is 18.7 Å². The molecule has 2 N–H and O–H groups in total. The van der Waals surface area contributed by atoms with Crippen molar-refractivity contribution in [3.8, 4) is 5.75 Å². The average molecular weight is 486 g/mol. The molecule has 1 aliphatic heterocycles. The van der Waals surface area contributed by atoms with Gasteiger partial charge in [0, 0.05) is 24.1 Å². The van der Waals surface area contributed by atoms with Gasteiger partial charge in [0.1, 0.15) is 24.0 Å². The molecule has 0 unspecified atom stereocenters. The lowest BCUT2D eigenvalue weighted by atomic mass is 10.1. The van der Waals surface area contributed by atoms with Gasteiger partial charge in [-0.3, -0.25) is 0 Å². The summed E-state index contributed by atoms with van der Waals surface area (Å²) < 4.78 is 18.8. The molecule has 3 aromatic rings. The van der Waals surface area contributed by atoms with Gasteiger partial charge in [-0.15, -0.1) is 0 Å². The number of benzene rings is 2. The van der Waals surface area contributed by atoms with Gasteiger partial charge in [0.2, 0.25) is 5.95 Å². The number of halogens is 1. The second-order valence-electron chi connectivity index (χ2n) is 8.65. The number of anilines is 4. The molecule has 0 bridgehead atoms. The Morgan fingerprint density at radius 2 is 1.76 bits per heavy atom. The fourth-order valence-corrected chi connectivity index (χ4v) is 5.03. The zero-order valence-corrected chi connectivity index (χ0v) is 20.7. The summed E-state index contributed by atoms with van der Waals surface area (Å²) >= 11 is 6.33. The first-order chi connectivity index (χ1) is 15.8. The molecule has 174 valence electrons. The molecule has 2 heterocycles. The van der Waals surface area contributed by atoms with E-state index < -0.39 is 7.14 Å². The Kier molecular flexibility index (Phi) is 7.23. The number of nitrogens with one attached hydrogen (secondary N) is 2. The standard InChI is InChI=1S/C24H29ClN5O2P/c1-30-14-12-19(13-15-30)32-18-10-8-17(9-11-18)27-24-26-16-20(25)23(29-24)28-21-6-4-5-7-22(21)33(2,3)31/h4-11,16,19H,12-15H2,1-3H3,(H2,26,27,28,29). The van der Waals surface area contributed by atoms with Crippen molar-refractivity contribution in [2.24, 2.45) is 0 Å². The van der Waals surface area contributed by atoms with Gasteiger partial charge in [-0.25, -0.2) is 4.98 Å². The summed E-state index contributed by atoms with van der Waals surface area (Å²) in [7, 11) is -0.335. The molecule has 4 rings (SSSR count). The number of nitrogens with zero attached hydrogens (tertiary/aromatic N) is 3. The van der Waals surface area contributed by atoms with Crippen LogP contribution in [0.3, 0.4) is 0 Å². The number of hydrogen-bond donors (Lipinski definition) is 2. The maximum Gasteiger partial charge on any atom is 0.229 e. The van der Waals surface area contributed by atoms with Gasteiger partial charge in [-0.1, -0.05) is 23.7 Å². The molecule has 0 radical (unpaired) electrons. The summed E-state index contributed by atoms with van der Waals surface area (Å²) in [4.78, 5) is 11.1. The van der Waals surface area contributed by atoms with Gasteiger partial charge in [-0.05, 0) is 69.6 Å². The number of para-hydroxylation sites is 1. The van der Waals surface area contributed by atoms with Crippen molar-refractivity contribution in [1.82, 2.24) is 14.9 Å². The highest BCUT2D eigenvalue weighted by Crippen LogP contribution is 2.38. The molecule has 2 aromatic carbocycles. The van der Waals surface area contributed by atoms with Crippen LogP contribution in [0.15, 0.2) is 54.7 Å². The lowest BCUT2D eigenvalue weighted by Crippen LogP contribution is -2.35. The predicted molar refractivity (Wildman–Crippen MR) is 137 cm³/mol.